The van der Waals surface area contributed by atoms with Crippen LogP contribution >= 0.6 is 0 Å². The first-order valence-corrected chi connectivity index (χ1v) is 13.7. The second-order valence-corrected chi connectivity index (χ2v) is 10.4. The van der Waals surface area contributed by atoms with E-state index in [2.05, 4.69) is 68.6 Å². The quantitative estimate of drug-likeness (QED) is 0.383. The largest absolute Gasteiger partial charge is 0.490 e. The molecule has 2 heterocycles. The van der Waals surface area contributed by atoms with Crippen molar-refractivity contribution < 1.29 is 9.84 Å². The summed E-state index contributed by atoms with van der Waals surface area (Å²) in [7, 11) is 1.86. The van der Waals surface area contributed by atoms with Crippen molar-refractivity contribution in [2.45, 2.75) is 25.0 Å². The third kappa shape index (κ3) is 5.12. The Hall–Kier alpha value is -3.45. The number of anilines is 1. The van der Waals surface area contributed by atoms with Crippen LogP contribution in [0, 0.1) is 0 Å². The van der Waals surface area contributed by atoms with Crippen LogP contribution in [0.2, 0.25) is 0 Å². The van der Waals surface area contributed by atoms with Crippen LogP contribution in [0.4, 0.5) is 5.82 Å². The molecule has 6 rings (SSSR count). The van der Waals surface area contributed by atoms with Crippen LogP contribution in [0.3, 0.4) is 0 Å². The molecular weight excluding hydrogens is 472 g/mol. The number of rotatable bonds is 7. The maximum Gasteiger partial charge on any atom is 0.128 e. The Balaban J connectivity index is 1.09. The van der Waals surface area contributed by atoms with Gasteiger partial charge in [-0.3, -0.25) is 9.80 Å². The zero-order chi connectivity index (χ0) is 25.9. The van der Waals surface area contributed by atoms with Crippen LogP contribution in [0.5, 0.6) is 5.75 Å². The number of hydrogen-bond donors (Lipinski definition) is 2. The number of aryl methyl sites for hydroxylation is 2. The van der Waals surface area contributed by atoms with Crippen molar-refractivity contribution >= 4 is 16.7 Å². The van der Waals surface area contributed by atoms with Crippen LogP contribution in [0.25, 0.3) is 10.9 Å². The van der Waals surface area contributed by atoms with E-state index in [4.69, 9.17) is 4.74 Å². The van der Waals surface area contributed by atoms with Crippen LogP contribution in [0.15, 0.2) is 78.9 Å². The molecule has 1 aliphatic heterocycles. The van der Waals surface area contributed by atoms with Crippen molar-refractivity contribution in [3.05, 3.63) is 101 Å². The second kappa shape index (κ2) is 11.1. The Morgan fingerprint density at radius 2 is 1.55 bits per heavy atom. The molecule has 0 amide bonds. The molecule has 2 aliphatic rings. The van der Waals surface area contributed by atoms with Gasteiger partial charge in [-0.1, -0.05) is 54.6 Å². The van der Waals surface area contributed by atoms with Crippen LogP contribution in [0.1, 0.15) is 28.3 Å². The predicted octanol–water partition coefficient (Wildman–Crippen LogP) is 4.52. The van der Waals surface area contributed by atoms with Gasteiger partial charge in [-0.05, 0) is 59.4 Å². The summed E-state index contributed by atoms with van der Waals surface area (Å²) in [6.07, 6.45) is 1.64. The second-order valence-electron chi connectivity index (χ2n) is 10.4. The lowest BCUT2D eigenvalue weighted by molar-refractivity contribution is 0.0403. The molecule has 4 aromatic rings. The van der Waals surface area contributed by atoms with Crippen LogP contribution in [-0.2, 0) is 12.8 Å². The maximum absolute atomic E-state index is 10.8. The van der Waals surface area contributed by atoms with Gasteiger partial charge in [0.2, 0.25) is 0 Å². The van der Waals surface area contributed by atoms with E-state index in [0.29, 0.717) is 12.6 Å². The number of ether oxygens (including phenoxy) is 1. The third-order valence-electron chi connectivity index (χ3n) is 7.98. The van der Waals surface area contributed by atoms with E-state index in [9.17, 15) is 5.11 Å². The van der Waals surface area contributed by atoms with E-state index in [1.165, 1.54) is 22.3 Å². The number of pyridine rings is 1. The zero-order valence-corrected chi connectivity index (χ0v) is 22.0. The number of hydrogen-bond acceptors (Lipinski definition) is 6. The van der Waals surface area contributed by atoms with Crippen LogP contribution in [-0.4, -0.2) is 72.4 Å². The minimum Gasteiger partial charge on any atom is -0.490 e. The number of β-amino-alcohol motifs (C(OH)–C–C–N with tert-alkyl or cyclic N) is 1. The van der Waals surface area contributed by atoms with Crippen molar-refractivity contribution in [2.24, 2.45) is 0 Å². The van der Waals surface area contributed by atoms with Crippen molar-refractivity contribution in [1.29, 1.82) is 0 Å². The SMILES string of the molecule is CNc1ccc2c(OCC(O)CN3CCN(C4c5ccccc5CCc5ccccc54)CC3)cccc2n1. The topological polar surface area (TPSA) is 60.9 Å². The van der Waals surface area contributed by atoms with Crippen LogP contribution < -0.4 is 10.1 Å². The number of aliphatic hydroxyl groups is 1. The number of piperazine rings is 1. The van der Waals surface area contributed by atoms with Crippen molar-refractivity contribution in [1.82, 2.24) is 14.8 Å². The predicted molar refractivity (Wildman–Crippen MR) is 153 cm³/mol. The molecule has 6 heteroatoms. The lowest BCUT2D eigenvalue weighted by atomic mass is 9.92. The van der Waals surface area contributed by atoms with Gasteiger partial charge in [0.1, 0.15) is 24.3 Å². The Morgan fingerprint density at radius 1 is 0.868 bits per heavy atom. The standard InChI is InChI=1S/C32H36N4O2/c1-33-31-16-15-28-29(34-31)11-6-12-30(28)38-22-25(37)21-35-17-19-36(20-18-35)32-26-9-4-2-7-23(26)13-14-24-8-3-5-10-27(24)32/h2-12,15-16,25,32,37H,13-14,17-22H2,1H3,(H,33,34). The smallest absolute Gasteiger partial charge is 0.128 e. The summed E-state index contributed by atoms with van der Waals surface area (Å²) in [5.41, 5.74) is 6.71. The molecule has 38 heavy (non-hydrogen) atoms. The summed E-state index contributed by atoms with van der Waals surface area (Å²) in [5.74, 6) is 1.58. The average molecular weight is 509 g/mol. The lowest BCUT2D eigenvalue weighted by Gasteiger charge is -2.40. The normalized spacial score (nSPS) is 17.4. The van der Waals surface area contributed by atoms with E-state index in [0.717, 1.165) is 61.5 Å². The first kappa shape index (κ1) is 24.9. The first-order chi connectivity index (χ1) is 18.7. The molecule has 2 N–H and O–H groups in total. The minimum atomic E-state index is -0.555. The number of aliphatic hydroxyl groups excluding tert-OH is 1. The number of nitrogens with zero attached hydrogens (tertiary/aromatic N) is 3. The number of aromatic nitrogens is 1. The number of benzene rings is 3. The third-order valence-corrected chi connectivity index (χ3v) is 7.98. The van der Waals surface area contributed by atoms with Crippen molar-refractivity contribution in [2.75, 3.05) is 51.7 Å². The van der Waals surface area contributed by atoms with E-state index >= 15 is 0 Å². The lowest BCUT2D eigenvalue weighted by Crippen LogP contribution is -2.50. The van der Waals surface area contributed by atoms with Gasteiger partial charge in [0.15, 0.2) is 0 Å². The maximum atomic E-state index is 10.8. The Kier molecular flexibility index (Phi) is 7.27. The molecule has 0 saturated carbocycles. The summed E-state index contributed by atoms with van der Waals surface area (Å²) >= 11 is 0. The molecule has 1 aromatic heterocycles. The van der Waals surface area contributed by atoms with Gasteiger partial charge >= 0.3 is 0 Å². The highest BCUT2D eigenvalue weighted by Crippen LogP contribution is 2.37. The molecular formula is C32H36N4O2. The fraction of sp³-hybridized carbons (Fsp3) is 0.344. The number of nitrogens with one attached hydrogen (secondary N) is 1. The minimum absolute atomic E-state index is 0.260. The van der Waals surface area contributed by atoms with Gasteiger partial charge < -0.3 is 15.2 Å². The summed E-state index contributed by atoms with van der Waals surface area (Å²) in [5, 5.41) is 14.8. The molecule has 3 aromatic carbocycles. The first-order valence-electron chi connectivity index (χ1n) is 13.7. The molecule has 0 bridgehead atoms. The summed E-state index contributed by atoms with van der Waals surface area (Å²) < 4.78 is 6.06. The van der Waals surface area contributed by atoms with Gasteiger partial charge in [-0.25, -0.2) is 4.98 Å². The summed E-state index contributed by atoms with van der Waals surface area (Å²) in [4.78, 5) is 9.58. The highest BCUT2D eigenvalue weighted by Gasteiger charge is 2.31. The molecule has 196 valence electrons. The molecule has 1 fully saturated rings. The molecule has 6 nitrogen and oxygen atoms in total. The molecule has 0 radical (unpaired) electrons. The van der Waals surface area contributed by atoms with E-state index in [1.54, 1.807) is 0 Å². The zero-order valence-electron chi connectivity index (χ0n) is 22.0. The number of fused-ring (bicyclic) bond motifs is 3. The van der Waals surface area contributed by atoms with Gasteiger partial charge in [0.05, 0.1) is 11.6 Å². The average Bonchev–Trinajstić information content (AvgIpc) is 3.13. The monoisotopic (exact) mass is 508 g/mol. The van der Waals surface area contributed by atoms with Gasteiger partial charge in [0, 0.05) is 45.2 Å². The van der Waals surface area contributed by atoms with E-state index < -0.39 is 6.10 Å². The molecule has 0 spiro atoms. The summed E-state index contributed by atoms with van der Waals surface area (Å²) in [6.45, 7) is 4.69. The molecule has 1 saturated heterocycles. The molecule has 1 unspecified atom stereocenters. The van der Waals surface area contributed by atoms with Gasteiger partial charge in [-0.2, -0.15) is 0 Å². The molecule has 1 aliphatic carbocycles. The van der Waals surface area contributed by atoms with Crippen molar-refractivity contribution in [3.8, 4) is 5.75 Å². The fourth-order valence-electron chi connectivity index (χ4n) is 6.02. The highest BCUT2D eigenvalue weighted by atomic mass is 16.5. The Labute approximate surface area is 224 Å². The summed E-state index contributed by atoms with van der Waals surface area (Å²) in [6, 6.07) is 28.0. The Bertz CT molecular complexity index is 1350. The van der Waals surface area contributed by atoms with Gasteiger partial charge in [0.25, 0.3) is 0 Å². The van der Waals surface area contributed by atoms with E-state index in [-0.39, 0.29) is 6.61 Å². The van der Waals surface area contributed by atoms with Gasteiger partial charge in [-0.15, -0.1) is 0 Å². The molecule has 1 atom stereocenters. The van der Waals surface area contributed by atoms with E-state index in [1.807, 2.05) is 37.4 Å². The fourth-order valence-corrected chi connectivity index (χ4v) is 6.02. The van der Waals surface area contributed by atoms with Crippen molar-refractivity contribution in [3.63, 3.8) is 0 Å². The highest BCUT2D eigenvalue weighted by molar-refractivity contribution is 5.86. The Morgan fingerprint density at radius 3 is 2.24 bits per heavy atom.